The van der Waals surface area contributed by atoms with E-state index in [0.29, 0.717) is 5.76 Å². The maximum Gasteiger partial charge on any atom is 0.245 e. The van der Waals surface area contributed by atoms with Gasteiger partial charge in [0.15, 0.2) is 4.67 Å². The molecule has 0 spiro atoms. The lowest BCUT2D eigenvalue weighted by atomic mass is 10.0. The second-order valence-electron chi connectivity index (χ2n) is 6.05. The fourth-order valence-electron chi connectivity index (χ4n) is 2.39. The minimum atomic E-state index is -3.61. The Morgan fingerprint density at radius 3 is 2.26 bits per heavy atom. The smallest absolute Gasteiger partial charge is 0.245 e. The normalized spacial score (nSPS) is 21.6. The second kappa shape index (κ2) is 4.31. The zero-order chi connectivity index (χ0) is 14.6. The molecule has 3 N–H and O–H groups in total. The molecule has 0 atom stereocenters. The Labute approximate surface area is 122 Å². The van der Waals surface area contributed by atoms with Crippen LogP contribution in [0.3, 0.4) is 0 Å². The Morgan fingerprint density at radius 2 is 1.89 bits per heavy atom. The van der Waals surface area contributed by atoms with E-state index in [4.69, 9.17) is 10.2 Å². The highest BCUT2D eigenvalue weighted by atomic mass is 79.9. The van der Waals surface area contributed by atoms with Crippen LogP contribution in [0.15, 0.2) is 20.0 Å². The predicted molar refractivity (Wildman–Crippen MR) is 76.0 cm³/mol. The van der Waals surface area contributed by atoms with E-state index in [1.165, 1.54) is 6.07 Å². The lowest BCUT2D eigenvalue weighted by Gasteiger charge is -2.06. The number of nitrogens with two attached hydrogens (primary N) is 1. The molecule has 1 aromatic rings. The maximum absolute atomic E-state index is 12.4. The summed E-state index contributed by atoms with van der Waals surface area (Å²) >= 11 is 3.12. The minimum Gasteiger partial charge on any atom is -0.452 e. The van der Waals surface area contributed by atoms with Crippen LogP contribution in [0.1, 0.15) is 33.5 Å². The van der Waals surface area contributed by atoms with E-state index in [2.05, 4.69) is 48.3 Å². The third kappa shape index (κ3) is 2.26. The highest BCUT2D eigenvalue weighted by Gasteiger charge is 2.66. The van der Waals surface area contributed by atoms with Gasteiger partial charge in [0.05, 0.1) is 6.54 Å². The topological polar surface area (TPSA) is 85.3 Å². The van der Waals surface area contributed by atoms with Gasteiger partial charge in [0.25, 0.3) is 0 Å². The summed E-state index contributed by atoms with van der Waals surface area (Å²) in [5.74, 6) is 0.432. The quantitative estimate of drug-likeness (QED) is 0.871. The maximum atomic E-state index is 12.4. The number of furan rings is 1. The van der Waals surface area contributed by atoms with E-state index in [1.807, 2.05) is 0 Å². The van der Waals surface area contributed by atoms with Crippen molar-refractivity contribution in [1.82, 2.24) is 4.72 Å². The van der Waals surface area contributed by atoms with Crippen LogP contribution < -0.4 is 10.5 Å². The Kier molecular flexibility index (Phi) is 3.41. The largest absolute Gasteiger partial charge is 0.452 e. The Bertz CT molecular complexity index is 590. The van der Waals surface area contributed by atoms with Crippen molar-refractivity contribution in [2.24, 2.45) is 16.6 Å². The van der Waals surface area contributed by atoms with E-state index in [0.717, 1.165) is 0 Å². The van der Waals surface area contributed by atoms with Crippen LogP contribution in [-0.2, 0) is 16.6 Å². The molecule has 19 heavy (non-hydrogen) atoms. The Morgan fingerprint density at radius 1 is 1.37 bits per heavy atom. The van der Waals surface area contributed by atoms with Gasteiger partial charge in [-0.2, -0.15) is 0 Å². The van der Waals surface area contributed by atoms with Crippen LogP contribution in [0, 0.1) is 10.8 Å². The molecule has 7 heteroatoms. The van der Waals surface area contributed by atoms with E-state index < -0.39 is 10.0 Å². The number of rotatable bonds is 4. The first-order valence-corrected chi connectivity index (χ1v) is 8.32. The number of nitrogens with one attached hydrogen (secondary N) is 1. The molecule has 0 saturated heterocycles. The molecule has 0 aromatic carbocycles. The van der Waals surface area contributed by atoms with Crippen molar-refractivity contribution in [2.75, 3.05) is 0 Å². The molecule has 1 aliphatic rings. The van der Waals surface area contributed by atoms with Gasteiger partial charge in [-0.3, -0.25) is 0 Å². The van der Waals surface area contributed by atoms with Gasteiger partial charge in [0.2, 0.25) is 10.0 Å². The molecule has 0 unspecified atom stereocenters. The molecule has 0 bridgehead atoms. The number of hydrogen-bond acceptors (Lipinski definition) is 4. The highest BCUT2D eigenvalue weighted by Crippen LogP contribution is 2.63. The summed E-state index contributed by atoms with van der Waals surface area (Å²) < 4.78 is 32.9. The number of hydrogen-bond donors (Lipinski definition) is 2. The van der Waals surface area contributed by atoms with Gasteiger partial charge in [0.1, 0.15) is 10.7 Å². The van der Waals surface area contributed by atoms with Crippen molar-refractivity contribution < 1.29 is 12.8 Å². The molecule has 2 rings (SSSR count). The fraction of sp³-hybridized carbons (Fsp3) is 0.667. The molecule has 1 saturated carbocycles. The van der Waals surface area contributed by atoms with Gasteiger partial charge in [-0.05, 0) is 26.8 Å². The highest BCUT2D eigenvalue weighted by molar-refractivity contribution is 9.10. The predicted octanol–water partition coefficient (Wildman–Crippen LogP) is 2.21. The lowest BCUT2D eigenvalue weighted by Crippen LogP contribution is -2.29. The van der Waals surface area contributed by atoms with Crippen molar-refractivity contribution in [2.45, 2.75) is 45.2 Å². The van der Waals surface area contributed by atoms with Crippen LogP contribution in [-0.4, -0.2) is 14.5 Å². The van der Waals surface area contributed by atoms with Crippen molar-refractivity contribution >= 4 is 26.0 Å². The van der Waals surface area contributed by atoms with Gasteiger partial charge < -0.3 is 10.2 Å². The summed E-state index contributed by atoms with van der Waals surface area (Å²) in [5.41, 5.74) is 5.32. The molecular formula is C12H19BrN2O3S. The molecule has 5 nitrogen and oxygen atoms in total. The standard InChI is InChI=1S/C12H19BrN2O3S/c1-11(2)10(12(11,3)4)15-19(16,17)8-5-7(6-14)18-9(8)13/h5,10,15H,6,14H2,1-4H3. The summed E-state index contributed by atoms with van der Waals surface area (Å²) in [7, 11) is -3.61. The third-order valence-electron chi connectivity index (χ3n) is 4.49. The first-order chi connectivity index (χ1) is 8.54. The Balaban J connectivity index is 2.27. The number of sulfonamides is 1. The molecule has 0 aliphatic heterocycles. The van der Waals surface area contributed by atoms with Crippen molar-refractivity contribution in [3.63, 3.8) is 0 Å². The van der Waals surface area contributed by atoms with Gasteiger partial charge in [-0.25, -0.2) is 13.1 Å². The molecule has 108 valence electrons. The average molecular weight is 351 g/mol. The summed E-state index contributed by atoms with van der Waals surface area (Å²) in [4.78, 5) is 0.103. The summed E-state index contributed by atoms with van der Waals surface area (Å²) in [5, 5.41) is 0. The molecule has 1 heterocycles. The number of halogens is 1. The zero-order valence-electron chi connectivity index (χ0n) is 11.5. The van der Waals surface area contributed by atoms with Crippen LogP contribution in [0.5, 0.6) is 0 Å². The van der Waals surface area contributed by atoms with Gasteiger partial charge in [0, 0.05) is 12.1 Å². The van der Waals surface area contributed by atoms with Gasteiger partial charge in [-0.1, -0.05) is 27.7 Å². The van der Waals surface area contributed by atoms with E-state index in [1.54, 1.807) is 0 Å². The first kappa shape index (κ1) is 15.0. The zero-order valence-corrected chi connectivity index (χ0v) is 13.9. The average Bonchev–Trinajstić information content (AvgIpc) is 2.66. The molecular weight excluding hydrogens is 332 g/mol. The van der Waals surface area contributed by atoms with E-state index >= 15 is 0 Å². The summed E-state index contributed by atoms with van der Waals surface area (Å²) in [6.45, 7) is 8.37. The van der Waals surface area contributed by atoms with Gasteiger partial charge in [-0.15, -0.1) is 0 Å². The molecule has 1 aromatic heterocycles. The molecule has 0 radical (unpaired) electrons. The van der Waals surface area contributed by atoms with E-state index in [9.17, 15) is 8.42 Å². The molecule has 1 aliphatic carbocycles. The molecule has 1 fully saturated rings. The monoisotopic (exact) mass is 350 g/mol. The van der Waals surface area contributed by atoms with E-state index in [-0.39, 0.29) is 33.0 Å². The Hall–Kier alpha value is -0.370. The van der Waals surface area contributed by atoms with Crippen molar-refractivity contribution in [3.8, 4) is 0 Å². The van der Waals surface area contributed by atoms with Crippen LogP contribution in [0.4, 0.5) is 0 Å². The fourth-order valence-corrected chi connectivity index (χ4v) is 4.92. The minimum absolute atomic E-state index is 0.0625. The van der Waals surface area contributed by atoms with Crippen LogP contribution in [0.25, 0.3) is 0 Å². The van der Waals surface area contributed by atoms with Crippen molar-refractivity contribution in [3.05, 3.63) is 16.5 Å². The lowest BCUT2D eigenvalue weighted by molar-refractivity contribution is 0.457. The van der Waals surface area contributed by atoms with Crippen molar-refractivity contribution in [1.29, 1.82) is 0 Å². The third-order valence-corrected chi connectivity index (χ3v) is 6.77. The van der Waals surface area contributed by atoms with Crippen LogP contribution in [0.2, 0.25) is 0 Å². The summed E-state index contributed by atoms with van der Waals surface area (Å²) in [6.07, 6.45) is 0. The van der Waals surface area contributed by atoms with Gasteiger partial charge >= 0.3 is 0 Å². The summed E-state index contributed by atoms with van der Waals surface area (Å²) in [6, 6.07) is 1.36. The first-order valence-electron chi connectivity index (χ1n) is 6.04. The SMILES string of the molecule is CC1(C)C(NS(=O)(=O)c2cc(CN)oc2Br)C1(C)C. The van der Waals surface area contributed by atoms with Crippen LogP contribution >= 0.6 is 15.9 Å². The second-order valence-corrected chi connectivity index (χ2v) is 8.46. The molecule has 0 amide bonds.